The molecule has 0 spiro atoms. The highest BCUT2D eigenvalue weighted by molar-refractivity contribution is 7.99. The summed E-state index contributed by atoms with van der Waals surface area (Å²) in [7, 11) is 0. The molecule has 0 aliphatic rings. The first-order chi connectivity index (χ1) is 9.16. The second kappa shape index (κ2) is 6.73. The van der Waals surface area contributed by atoms with Gasteiger partial charge in [0.1, 0.15) is 0 Å². The third-order valence-electron chi connectivity index (χ3n) is 2.83. The smallest absolute Gasteiger partial charge is 0.0562 e. The van der Waals surface area contributed by atoms with E-state index in [0.29, 0.717) is 0 Å². The number of thioether (sulfide) groups is 1. The maximum absolute atomic E-state index is 6.13. The van der Waals surface area contributed by atoms with Crippen LogP contribution in [0.5, 0.6) is 0 Å². The largest absolute Gasteiger partial charge is 0.399 e. The summed E-state index contributed by atoms with van der Waals surface area (Å²) in [5, 5.41) is 0.734. The van der Waals surface area contributed by atoms with Crippen molar-refractivity contribution in [1.82, 2.24) is 0 Å². The molecule has 2 nitrogen and oxygen atoms in total. The van der Waals surface area contributed by atoms with E-state index in [1.54, 1.807) is 11.8 Å². The van der Waals surface area contributed by atoms with Crippen molar-refractivity contribution < 1.29 is 0 Å². The fourth-order valence-corrected chi connectivity index (χ4v) is 3.09. The Hall–Kier alpha value is -1.32. The zero-order valence-electron chi connectivity index (χ0n) is 10.6. The number of nitrogens with two attached hydrogens (primary N) is 2. The third-order valence-corrected chi connectivity index (χ3v) is 4.50. The van der Waals surface area contributed by atoms with Crippen LogP contribution in [0.4, 0.5) is 11.4 Å². The van der Waals surface area contributed by atoms with Crippen LogP contribution in [0, 0.1) is 0 Å². The van der Waals surface area contributed by atoms with Gasteiger partial charge in [0.2, 0.25) is 0 Å². The first-order valence-electron chi connectivity index (χ1n) is 6.18. The average Bonchev–Trinajstić information content (AvgIpc) is 2.39. The summed E-state index contributed by atoms with van der Waals surface area (Å²) in [6.07, 6.45) is 2.12. The van der Waals surface area contributed by atoms with Crippen LogP contribution in [0.15, 0.2) is 47.4 Å². The summed E-state index contributed by atoms with van der Waals surface area (Å²) in [5.74, 6) is 0.998. The molecule has 19 heavy (non-hydrogen) atoms. The molecule has 0 aromatic heterocycles. The van der Waals surface area contributed by atoms with Crippen molar-refractivity contribution in [3.05, 3.63) is 53.1 Å². The van der Waals surface area contributed by atoms with Crippen LogP contribution in [-0.2, 0) is 6.42 Å². The first kappa shape index (κ1) is 14.1. The van der Waals surface area contributed by atoms with Crippen LogP contribution in [0.1, 0.15) is 12.0 Å². The van der Waals surface area contributed by atoms with Gasteiger partial charge in [0, 0.05) is 16.3 Å². The van der Waals surface area contributed by atoms with E-state index in [9.17, 15) is 0 Å². The Bertz CT molecular complexity index is 520. The van der Waals surface area contributed by atoms with E-state index in [2.05, 4.69) is 12.1 Å². The Morgan fingerprint density at radius 1 is 1.00 bits per heavy atom. The number of benzene rings is 2. The number of halogens is 1. The van der Waals surface area contributed by atoms with Crippen molar-refractivity contribution in [1.29, 1.82) is 0 Å². The minimum absolute atomic E-state index is 0.734. The average molecular weight is 293 g/mol. The number of hydrogen-bond donors (Lipinski definition) is 2. The molecule has 0 radical (unpaired) electrons. The van der Waals surface area contributed by atoms with E-state index in [4.69, 9.17) is 23.1 Å². The Morgan fingerprint density at radius 3 is 2.42 bits per heavy atom. The topological polar surface area (TPSA) is 52.0 Å². The van der Waals surface area contributed by atoms with Gasteiger partial charge in [-0.25, -0.2) is 0 Å². The van der Waals surface area contributed by atoms with Crippen LogP contribution in [-0.4, -0.2) is 5.75 Å². The summed E-state index contributed by atoms with van der Waals surface area (Å²) in [6.45, 7) is 0. The normalized spacial score (nSPS) is 10.6. The number of rotatable bonds is 5. The Morgan fingerprint density at radius 2 is 1.74 bits per heavy atom. The van der Waals surface area contributed by atoms with Gasteiger partial charge < -0.3 is 11.5 Å². The minimum atomic E-state index is 0.734. The molecule has 0 unspecified atom stereocenters. The van der Waals surface area contributed by atoms with E-state index >= 15 is 0 Å². The molecule has 0 bridgehead atoms. The summed E-state index contributed by atoms with van der Waals surface area (Å²) in [4.78, 5) is 0.987. The minimum Gasteiger partial charge on any atom is -0.399 e. The number of hydrogen-bond acceptors (Lipinski definition) is 3. The zero-order chi connectivity index (χ0) is 13.7. The monoisotopic (exact) mass is 292 g/mol. The Kier molecular flexibility index (Phi) is 5.00. The molecular weight excluding hydrogens is 276 g/mol. The van der Waals surface area contributed by atoms with Crippen molar-refractivity contribution in [3.8, 4) is 0 Å². The van der Waals surface area contributed by atoms with Gasteiger partial charge in [0.15, 0.2) is 0 Å². The third kappa shape index (κ3) is 4.08. The molecule has 0 saturated heterocycles. The van der Waals surface area contributed by atoms with E-state index in [-0.39, 0.29) is 0 Å². The molecule has 4 heteroatoms. The van der Waals surface area contributed by atoms with Gasteiger partial charge in [-0.15, -0.1) is 11.8 Å². The van der Waals surface area contributed by atoms with Gasteiger partial charge in [-0.3, -0.25) is 0 Å². The second-order valence-electron chi connectivity index (χ2n) is 4.35. The quantitative estimate of drug-likeness (QED) is 0.492. The highest BCUT2D eigenvalue weighted by Gasteiger charge is 2.04. The molecule has 0 atom stereocenters. The van der Waals surface area contributed by atoms with Gasteiger partial charge >= 0.3 is 0 Å². The molecule has 0 aliphatic heterocycles. The summed E-state index contributed by atoms with van der Waals surface area (Å²) < 4.78 is 0. The van der Waals surface area contributed by atoms with Crippen molar-refractivity contribution in [2.45, 2.75) is 17.7 Å². The van der Waals surface area contributed by atoms with Crippen molar-refractivity contribution in [3.63, 3.8) is 0 Å². The van der Waals surface area contributed by atoms with Crippen LogP contribution < -0.4 is 11.5 Å². The van der Waals surface area contributed by atoms with E-state index in [1.165, 1.54) is 5.56 Å². The molecule has 2 aromatic rings. The zero-order valence-corrected chi connectivity index (χ0v) is 12.2. The molecule has 4 N–H and O–H groups in total. The number of aryl methyl sites for hydroxylation is 1. The fourth-order valence-electron chi connectivity index (χ4n) is 1.81. The lowest BCUT2D eigenvalue weighted by Gasteiger charge is -2.07. The van der Waals surface area contributed by atoms with Gasteiger partial charge in [0.05, 0.1) is 5.02 Å². The molecular formula is C15H17ClN2S. The SMILES string of the molecule is Nc1ccc(CCCSc2c(N)cccc2Cl)cc1. The molecule has 0 amide bonds. The Labute approximate surface area is 123 Å². The Balaban J connectivity index is 1.82. The number of anilines is 2. The molecule has 2 aromatic carbocycles. The van der Waals surface area contributed by atoms with Crippen LogP contribution in [0.25, 0.3) is 0 Å². The van der Waals surface area contributed by atoms with Crippen LogP contribution >= 0.6 is 23.4 Å². The fraction of sp³-hybridized carbons (Fsp3) is 0.200. The lowest BCUT2D eigenvalue weighted by Crippen LogP contribution is -1.92. The van der Waals surface area contributed by atoms with Gasteiger partial charge in [-0.2, -0.15) is 0 Å². The van der Waals surface area contributed by atoms with E-state index in [1.807, 2.05) is 30.3 Å². The standard InChI is InChI=1S/C15H17ClN2S/c16-13-4-1-5-14(18)15(13)19-10-2-3-11-6-8-12(17)9-7-11/h1,4-9H,2-3,10,17-18H2. The molecule has 100 valence electrons. The summed E-state index contributed by atoms with van der Waals surface area (Å²) in [5.41, 5.74) is 14.4. The summed E-state index contributed by atoms with van der Waals surface area (Å²) in [6, 6.07) is 13.7. The van der Waals surface area contributed by atoms with Crippen LogP contribution in [0.3, 0.4) is 0 Å². The lowest BCUT2D eigenvalue weighted by molar-refractivity contribution is 0.933. The van der Waals surface area contributed by atoms with Gasteiger partial charge in [0.25, 0.3) is 0 Å². The maximum atomic E-state index is 6.13. The van der Waals surface area contributed by atoms with Crippen molar-refractivity contribution in [2.75, 3.05) is 17.2 Å². The molecule has 2 rings (SSSR count). The van der Waals surface area contributed by atoms with Crippen molar-refractivity contribution >= 4 is 34.7 Å². The second-order valence-corrected chi connectivity index (χ2v) is 5.86. The first-order valence-corrected chi connectivity index (χ1v) is 7.54. The summed E-state index contributed by atoms with van der Waals surface area (Å²) >= 11 is 7.84. The predicted molar refractivity (Wildman–Crippen MR) is 85.8 cm³/mol. The number of nitrogen functional groups attached to an aromatic ring is 2. The van der Waals surface area contributed by atoms with Crippen LogP contribution in [0.2, 0.25) is 5.02 Å². The molecule has 0 saturated carbocycles. The molecule has 0 aliphatic carbocycles. The van der Waals surface area contributed by atoms with Crippen molar-refractivity contribution in [2.24, 2.45) is 0 Å². The highest BCUT2D eigenvalue weighted by Crippen LogP contribution is 2.32. The maximum Gasteiger partial charge on any atom is 0.0562 e. The molecule has 0 fully saturated rings. The molecule has 0 heterocycles. The highest BCUT2D eigenvalue weighted by atomic mass is 35.5. The van der Waals surface area contributed by atoms with E-state index < -0.39 is 0 Å². The van der Waals surface area contributed by atoms with Gasteiger partial charge in [-0.05, 0) is 48.4 Å². The predicted octanol–water partition coefficient (Wildman–Crippen LogP) is 4.23. The van der Waals surface area contributed by atoms with Gasteiger partial charge in [-0.1, -0.05) is 29.8 Å². The lowest BCUT2D eigenvalue weighted by atomic mass is 10.1. The van der Waals surface area contributed by atoms with E-state index in [0.717, 1.165) is 39.9 Å².